The van der Waals surface area contributed by atoms with E-state index in [0.29, 0.717) is 5.69 Å². The fraction of sp³-hybridized carbons (Fsp3) is 0.476. The normalized spacial score (nSPS) is 18.2. The highest BCUT2D eigenvalue weighted by molar-refractivity contribution is 5.92. The SMILES string of the molecule is O=C(Nc1ccc(F)cc1)C1CCN(c2cc(N3CCCCC3)ncn2)CC1. The van der Waals surface area contributed by atoms with Crippen molar-refractivity contribution in [3.63, 3.8) is 0 Å². The summed E-state index contributed by atoms with van der Waals surface area (Å²) < 4.78 is 13.0. The van der Waals surface area contributed by atoms with Gasteiger partial charge in [-0.15, -0.1) is 0 Å². The van der Waals surface area contributed by atoms with E-state index in [1.807, 2.05) is 0 Å². The minimum atomic E-state index is -0.305. The molecule has 2 aliphatic rings. The van der Waals surface area contributed by atoms with Crippen molar-refractivity contribution in [3.8, 4) is 0 Å². The van der Waals surface area contributed by atoms with Crippen molar-refractivity contribution in [3.05, 3.63) is 42.5 Å². The number of nitrogens with one attached hydrogen (secondary N) is 1. The Labute approximate surface area is 164 Å². The minimum absolute atomic E-state index is 0.00273. The molecule has 3 heterocycles. The van der Waals surface area contributed by atoms with Crippen LogP contribution in [0.3, 0.4) is 0 Å². The summed E-state index contributed by atoms with van der Waals surface area (Å²) in [6.45, 7) is 3.69. The van der Waals surface area contributed by atoms with Gasteiger partial charge in [0.2, 0.25) is 5.91 Å². The molecule has 7 heteroatoms. The zero-order valence-corrected chi connectivity index (χ0v) is 16.0. The average Bonchev–Trinajstić information content (AvgIpc) is 2.76. The first-order valence-corrected chi connectivity index (χ1v) is 10.1. The van der Waals surface area contributed by atoms with E-state index in [-0.39, 0.29) is 17.6 Å². The molecule has 1 amide bonds. The van der Waals surface area contributed by atoms with Gasteiger partial charge in [0, 0.05) is 43.9 Å². The van der Waals surface area contributed by atoms with Crippen LogP contribution in [0.2, 0.25) is 0 Å². The lowest BCUT2D eigenvalue weighted by Gasteiger charge is -2.33. The molecule has 0 bridgehead atoms. The van der Waals surface area contributed by atoms with E-state index in [2.05, 4.69) is 31.2 Å². The monoisotopic (exact) mass is 383 g/mol. The van der Waals surface area contributed by atoms with Gasteiger partial charge in [-0.05, 0) is 56.4 Å². The van der Waals surface area contributed by atoms with Gasteiger partial charge in [0.1, 0.15) is 23.8 Å². The Morgan fingerprint density at radius 1 is 0.929 bits per heavy atom. The first kappa shape index (κ1) is 18.7. The van der Waals surface area contributed by atoms with Crippen LogP contribution in [-0.2, 0) is 4.79 Å². The van der Waals surface area contributed by atoms with Crippen LogP contribution in [0.4, 0.5) is 21.7 Å². The highest BCUT2D eigenvalue weighted by Gasteiger charge is 2.26. The number of benzene rings is 1. The summed E-state index contributed by atoms with van der Waals surface area (Å²) >= 11 is 0. The van der Waals surface area contributed by atoms with Crippen LogP contribution in [0.15, 0.2) is 36.7 Å². The molecule has 0 radical (unpaired) electrons. The zero-order valence-electron chi connectivity index (χ0n) is 16.0. The Morgan fingerprint density at radius 2 is 1.54 bits per heavy atom. The molecule has 0 unspecified atom stereocenters. The van der Waals surface area contributed by atoms with Crippen LogP contribution >= 0.6 is 0 Å². The third-order valence-corrected chi connectivity index (χ3v) is 5.62. The standard InChI is InChI=1S/C21H26FN5O/c22-17-4-6-18(7-5-17)25-21(28)16-8-12-27(13-9-16)20-14-19(23-15-24-20)26-10-2-1-3-11-26/h4-7,14-16H,1-3,8-13H2,(H,25,28). The lowest BCUT2D eigenvalue weighted by atomic mass is 9.96. The fourth-order valence-corrected chi connectivity index (χ4v) is 3.95. The third kappa shape index (κ3) is 4.40. The molecular formula is C21H26FN5O. The van der Waals surface area contributed by atoms with Gasteiger partial charge in [0.25, 0.3) is 0 Å². The number of rotatable bonds is 4. The first-order valence-electron chi connectivity index (χ1n) is 10.1. The Balaban J connectivity index is 1.33. The van der Waals surface area contributed by atoms with Gasteiger partial charge >= 0.3 is 0 Å². The van der Waals surface area contributed by atoms with Crippen molar-refractivity contribution in [2.24, 2.45) is 5.92 Å². The number of nitrogens with zero attached hydrogens (tertiary/aromatic N) is 4. The highest BCUT2D eigenvalue weighted by Crippen LogP contribution is 2.26. The molecule has 148 valence electrons. The molecule has 1 aromatic carbocycles. The van der Waals surface area contributed by atoms with Crippen molar-refractivity contribution < 1.29 is 9.18 Å². The molecule has 0 saturated carbocycles. The lowest BCUT2D eigenvalue weighted by molar-refractivity contribution is -0.120. The Hall–Kier alpha value is -2.70. The van der Waals surface area contributed by atoms with Crippen LogP contribution in [0, 0.1) is 11.7 Å². The van der Waals surface area contributed by atoms with E-state index < -0.39 is 0 Å². The molecule has 0 aliphatic carbocycles. The Morgan fingerprint density at radius 3 is 2.18 bits per heavy atom. The summed E-state index contributed by atoms with van der Waals surface area (Å²) in [5.41, 5.74) is 0.635. The van der Waals surface area contributed by atoms with Crippen LogP contribution in [0.1, 0.15) is 32.1 Å². The molecule has 1 aromatic heterocycles. The topological polar surface area (TPSA) is 61.4 Å². The smallest absolute Gasteiger partial charge is 0.227 e. The summed E-state index contributed by atoms with van der Waals surface area (Å²) in [6, 6.07) is 7.96. The van der Waals surface area contributed by atoms with Crippen LogP contribution in [0.5, 0.6) is 0 Å². The molecule has 4 rings (SSSR count). The third-order valence-electron chi connectivity index (χ3n) is 5.62. The summed E-state index contributed by atoms with van der Waals surface area (Å²) in [5, 5.41) is 2.89. The number of carbonyl (C=O) groups excluding carboxylic acids is 1. The van der Waals surface area contributed by atoms with Crippen molar-refractivity contribution in [1.29, 1.82) is 0 Å². The second kappa shape index (κ2) is 8.54. The molecule has 2 aromatic rings. The maximum atomic E-state index is 13.0. The second-order valence-electron chi connectivity index (χ2n) is 7.54. The van der Waals surface area contributed by atoms with Gasteiger partial charge in [-0.3, -0.25) is 4.79 Å². The number of amides is 1. The van der Waals surface area contributed by atoms with Crippen molar-refractivity contribution in [2.45, 2.75) is 32.1 Å². The van der Waals surface area contributed by atoms with Crippen molar-refractivity contribution in [1.82, 2.24) is 9.97 Å². The Kier molecular flexibility index (Phi) is 5.69. The maximum Gasteiger partial charge on any atom is 0.227 e. The number of hydrogen-bond acceptors (Lipinski definition) is 5. The predicted octanol–water partition coefficient (Wildman–Crippen LogP) is 3.46. The quantitative estimate of drug-likeness (QED) is 0.876. The van der Waals surface area contributed by atoms with Gasteiger partial charge in [-0.2, -0.15) is 0 Å². The number of aromatic nitrogens is 2. The van der Waals surface area contributed by atoms with Crippen molar-refractivity contribution >= 4 is 23.2 Å². The molecule has 2 saturated heterocycles. The summed E-state index contributed by atoms with van der Waals surface area (Å²) in [4.78, 5) is 26.0. The van der Waals surface area contributed by atoms with Gasteiger partial charge in [0.05, 0.1) is 0 Å². The molecule has 0 spiro atoms. The molecule has 28 heavy (non-hydrogen) atoms. The fourth-order valence-electron chi connectivity index (χ4n) is 3.95. The summed E-state index contributed by atoms with van der Waals surface area (Å²) in [6.07, 6.45) is 6.92. The van der Waals surface area contributed by atoms with Gasteiger partial charge in [-0.1, -0.05) is 0 Å². The largest absolute Gasteiger partial charge is 0.356 e. The molecular weight excluding hydrogens is 357 g/mol. The minimum Gasteiger partial charge on any atom is -0.356 e. The van der Waals surface area contributed by atoms with Gasteiger partial charge < -0.3 is 15.1 Å². The van der Waals surface area contributed by atoms with Gasteiger partial charge in [0.15, 0.2) is 0 Å². The second-order valence-corrected chi connectivity index (χ2v) is 7.54. The molecule has 6 nitrogen and oxygen atoms in total. The van der Waals surface area contributed by atoms with Crippen LogP contribution < -0.4 is 15.1 Å². The van der Waals surface area contributed by atoms with E-state index in [1.165, 1.54) is 31.4 Å². The summed E-state index contributed by atoms with van der Waals surface area (Å²) in [7, 11) is 0. The molecule has 0 atom stereocenters. The number of hydrogen-bond donors (Lipinski definition) is 1. The highest BCUT2D eigenvalue weighted by atomic mass is 19.1. The Bertz CT molecular complexity index is 799. The molecule has 2 fully saturated rings. The lowest BCUT2D eigenvalue weighted by Crippen LogP contribution is -2.39. The predicted molar refractivity (Wildman–Crippen MR) is 108 cm³/mol. The maximum absolute atomic E-state index is 13.0. The van der Waals surface area contributed by atoms with Crippen LogP contribution in [-0.4, -0.2) is 42.1 Å². The van der Waals surface area contributed by atoms with Crippen LogP contribution in [0.25, 0.3) is 0 Å². The van der Waals surface area contributed by atoms with E-state index in [4.69, 9.17) is 0 Å². The number of piperidine rings is 2. The average molecular weight is 383 g/mol. The van der Waals surface area contributed by atoms with E-state index >= 15 is 0 Å². The first-order chi connectivity index (χ1) is 13.7. The molecule has 1 N–H and O–H groups in total. The van der Waals surface area contributed by atoms with E-state index in [9.17, 15) is 9.18 Å². The zero-order chi connectivity index (χ0) is 19.3. The van der Waals surface area contributed by atoms with E-state index in [1.54, 1.807) is 18.5 Å². The number of anilines is 3. The summed E-state index contributed by atoms with van der Waals surface area (Å²) in [5.74, 6) is 1.60. The number of halogens is 1. The van der Waals surface area contributed by atoms with Gasteiger partial charge in [-0.25, -0.2) is 14.4 Å². The van der Waals surface area contributed by atoms with E-state index in [0.717, 1.165) is 50.7 Å². The number of carbonyl (C=O) groups is 1. The molecule has 2 aliphatic heterocycles. The van der Waals surface area contributed by atoms with Crippen molar-refractivity contribution in [2.75, 3.05) is 41.3 Å².